The number of rotatable bonds is 4. The minimum absolute atomic E-state index is 0.0184. The van der Waals surface area contributed by atoms with Crippen molar-refractivity contribution in [2.24, 2.45) is 0 Å². The topological polar surface area (TPSA) is 51.7 Å². The number of anilines is 1. The lowest BCUT2D eigenvalue weighted by Crippen LogP contribution is -2.41. The summed E-state index contributed by atoms with van der Waals surface area (Å²) in [5.41, 5.74) is 0. The third-order valence-corrected chi connectivity index (χ3v) is 4.48. The van der Waals surface area contributed by atoms with Crippen LogP contribution >= 0.6 is 15.9 Å². The number of carbonyl (C=O) groups excluding carboxylic acids is 1. The zero-order chi connectivity index (χ0) is 17.2. The molecule has 0 unspecified atom stereocenters. The number of fused-ring (bicyclic) bond motifs is 2. The van der Waals surface area contributed by atoms with Gasteiger partial charge in [0.2, 0.25) is 0 Å². The van der Waals surface area contributed by atoms with Crippen LogP contribution in [0.25, 0.3) is 10.8 Å². The summed E-state index contributed by atoms with van der Waals surface area (Å²) in [6.45, 7) is 0.791. The van der Waals surface area contributed by atoms with Gasteiger partial charge in [-0.2, -0.15) is 0 Å². The van der Waals surface area contributed by atoms with Crippen molar-refractivity contribution in [3.63, 3.8) is 0 Å². The van der Waals surface area contributed by atoms with E-state index in [0.29, 0.717) is 29.3 Å². The lowest BCUT2D eigenvalue weighted by atomic mass is 10.1. The molecule has 2 aromatic carbocycles. The SMILES string of the molecule is O=C1COc2ccc(Br)nc2N1CCOc1cccc2ccccc12. The van der Waals surface area contributed by atoms with E-state index < -0.39 is 0 Å². The summed E-state index contributed by atoms with van der Waals surface area (Å²) >= 11 is 3.33. The molecule has 3 aromatic rings. The molecular formula is C19H15BrN2O3. The van der Waals surface area contributed by atoms with Gasteiger partial charge in [0, 0.05) is 5.39 Å². The third-order valence-electron chi connectivity index (χ3n) is 4.04. The number of hydrogen-bond acceptors (Lipinski definition) is 4. The Kier molecular flexibility index (Phi) is 4.28. The molecule has 0 N–H and O–H groups in total. The number of benzene rings is 2. The molecular weight excluding hydrogens is 384 g/mol. The zero-order valence-electron chi connectivity index (χ0n) is 13.3. The van der Waals surface area contributed by atoms with Crippen LogP contribution in [0.15, 0.2) is 59.2 Å². The van der Waals surface area contributed by atoms with Crippen LogP contribution in [0.5, 0.6) is 11.5 Å². The molecule has 1 aliphatic heterocycles. The minimum Gasteiger partial charge on any atom is -0.491 e. The van der Waals surface area contributed by atoms with Crippen molar-refractivity contribution in [1.82, 2.24) is 4.98 Å². The molecule has 0 saturated heterocycles. The van der Waals surface area contributed by atoms with Crippen molar-refractivity contribution < 1.29 is 14.3 Å². The second kappa shape index (κ2) is 6.72. The molecule has 25 heavy (non-hydrogen) atoms. The van der Waals surface area contributed by atoms with Gasteiger partial charge in [0.15, 0.2) is 18.2 Å². The summed E-state index contributed by atoms with van der Waals surface area (Å²) in [6, 6.07) is 17.6. The molecule has 0 saturated carbocycles. The van der Waals surface area contributed by atoms with Crippen molar-refractivity contribution in [2.45, 2.75) is 0 Å². The van der Waals surface area contributed by atoms with E-state index in [1.807, 2.05) is 42.5 Å². The summed E-state index contributed by atoms with van der Waals surface area (Å²) in [5, 5.41) is 2.18. The molecule has 0 spiro atoms. The molecule has 1 amide bonds. The summed E-state index contributed by atoms with van der Waals surface area (Å²) < 4.78 is 12.0. The van der Waals surface area contributed by atoms with Crippen LogP contribution in [-0.4, -0.2) is 30.6 Å². The first-order valence-corrected chi connectivity index (χ1v) is 8.72. The fourth-order valence-corrected chi connectivity index (χ4v) is 3.15. The Bertz CT molecular complexity index is 940. The van der Waals surface area contributed by atoms with Gasteiger partial charge in [-0.1, -0.05) is 36.4 Å². The second-order valence-electron chi connectivity index (χ2n) is 5.62. The first-order chi connectivity index (χ1) is 12.2. The predicted molar refractivity (Wildman–Crippen MR) is 99.2 cm³/mol. The van der Waals surface area contributed by atoms with E-state index in [1.54, 1.807) is 17.0 Å². The van der Waals surface area contributed by atoms with Gasteiger partial charge in [-0.25, -0.2) is 4.98 Å². The molecule has 5 nitrogen and oxygen atoms in total. The Hall–Kier alpha value is -2.60. The highest BCUT2D eigenvalue weighted by atomic mass is 79.9. The average molecular weight is 399 g/mol. The fourth-order valence-electron chi connectivity index (χ4n) is 2.85. The molecule has 1 aromatic heterocycles. The lowest BCUT2D eigenvalue weighted by molar-refractivity contribution is -0.121. The molecule has 1 aliphatic rings. The van der Waals surface area contributed by atoms with Gasteiger partial charge in [0.05, 0.1) is 6.54 Å². The standard InChI is InChI=1S/C19H15BrN2O3/c20-17-9-8-16-19(21-17)22(18(23)12-25-16)10-11-24-15-7-3-5-13-4-1-2-6-14(13)15/h1-9H,10-12H2. The summed E-state index contributed by atoms with van der Waals surface area (Å²) in [6.07, 6.45) is 0. The van der Waals surface area contributed by atoms with E-state index in [9.17, 15) is 4.79 Å². The van der Waals surface area contributed by atoms with Gasteiger partial charge in [0.1, 0.15) is 17.0 Å². The minimum atomic E-state index is -0.125. The molecule has 0 atom stereocenters. The number of amides is 1. The van der Waals surface area contributed by atoms with E-state index in [1.165, 1.54) is 0 Å². The van der Waals surface area contributed by atoms with Crippen molar-refractivity contribution in [3.8, 4) is 11.5 Å². The maximum Gasteiger partial charge on any atom is 0.266 e. The largest absolute Gasteiger partial charge is 0.491 e. The number of ether oxygens (including phenoxy) is 2. The Morgan fingerprint density at radius 1 is 1.12 bits per heavy atom. The van der Waals surface area contributed by atoms with Crippen LogP contribution in [0.4, 0.5) is 5.82 Å². The van der Waals surface area contributed by atoms with Gasteiger partial charge in [0.25, 0.3) is 5.91 Å². The van der Waals surface area contributed by atoms with Crippen molar-refractivity contribution >= 4 is 38.4 Å². The molecule has 0 bridgehead atoms. The van der Waals surface area contributed by atoms with E-state index in [-0.39, 0.29) is 12.5 Å². The number of pyridine rings is 1. The highest BCUT2D eigenvalue weighted by molar-refractivity contribution is 9.10. The second-order valence-corrected chi connectivity index (χ2v) is 6.43. The van der Waals surface area contributed by atoms with Crippen LogP contribution in [0, 0.1) is 0 Å². The number of aromatic nitrogens is 1. The summed E-state index contributed by atoms with van der Waals surface area (Å²) in [4.78, 5) is 18.2. The first kappa shape index (κ1) is 15.9. The van der Waals surface area contributed by atoms with E-state index >= 15 is 0 Å². The maximum atomic E-state index is 12.2. The molecule has 2 heterocycles. The molecule has 0 radical (unpaired) electrons. The molecule has 126 valence electrons. The number of halogens is 1. The zero-order valence-corrected chi connectivity index (χ0v) is 14.9. The van der Waals surface area contributed by atoms with E-state index in [4.69, 9.17) is 9.47 Å². The molecule has 0 fully saturated rings. The van der Waals surface area contributed by atoms with Crippen molar-refractivity contribution in [2.75, 3.05) is 24.7 Å². The highest BCUT2D eigenvalue weighted by Gasteiger charge is 2.27. The maximum absolute atomic E-state index is 12.2. The van der Waals surface area contributed by atoms with Crippen LogP contribution < -0.4 is 14.4 Å². The van der Waals surface area contributed by atoms with Gasteiger partial charge in [-0.05, 0) is 39.5 Å². The Labute approximate surface area is 153 Å². The van der Waals surface area contributed by atoms with Crippen LogP contribution in [-0.2, 0) is 4.79 Å². The quantitative estimate of drug-likeness (QED) is 0.627. The number of hydrogen-bond donors (Lipinski definition) is 0. The van der Waals surface area contributed by atoms with Crippen LogP contribution in [0.2, 0.25) is 0 Å². The van der Waals surface area contributed by atoms with E-state index in [0.717, 1.165) is 16.5 Å². The monoisotopic (exact) mass is 398 g/mol. The van der Waals surface area contributed by atoms with Crippen LogP contribution in [0.1, 0.15) is 0 Å². The Balaban J connectivity index is 1.52. The Morgan fingerprint density at radius 3 is 2.88 bits per heavy atom. The first-order valence-electron chi connectivity index (χ1n) is 7.92. The van der Waals surface area contributed by atoms with Gasteiger partial charge in [-0.3, -0.25) is 9.69 Å². The van der Waals surface area contributed by atoms with Crippen molar-refractivity contribution in [3.05, 3.63) is 59.2 Å². The van der Waals surface area contributed by atoms with Gasteiger partial charge in [-0.15, -0.1) is 0 Å². The molecule has 4 rings (SSSR count). The predicted octanol–water partition coefficient (Wildman–Crippen LogP) is 3.80. The smallest absolute Gasteiger partial charge is 0.266 e. The number of carbonyl (C=O) groups is 1. The lowest BCUT2D eigenvalue weighted by Gasteiger charge is -2.28. The molecule has 6 heteroatoms. The summed E-state index contributed by atoms with van der Waals surface area (Å²) in [7, 11) is 0. The highest BCUT2D eigenvalue weighted by Crippen LogP contribution is 2.31. The third kappa shape index (κ3) is 3.17. The van der Waals surface area contributed by atoms with Gasteiger partial charge >= 0.3 is 0 Å². The average Bonchev–Trinajstić information content (AvgIpc) is 2.64. The van der Waals surface area contributed by atoms with E-state index in [2.05, 4.69) is 20.9 Å². The number of nitrogens with zero attached hydrogens (tertiary/aromatic N) is 2. The normalized spacial score (nSPS) is 13.5. The van der Waals surface area contributed by atoms with Crippen LogP contribution in [0.3, 0.4) is 0 Å². The molecule has 0 aliphatic carbocycles. The summed E-state index contributed by atoms with van der Waals surface area (Å²) in [5.74, 6) is 1.81. The van der Waals surface area contributed by atoms with Crippen molar-refractivity contribution in [1.29, 1.82) is 0 Å². The Morgan fingerprint density at radius 2 is 1.96 bits per heavy atom. The van der Waals surface area contributed by atoms with Gasteiger partial charge < -0.3 is 9.47 Å². The fraction of sp³-hybridized carbons (Fsp3) is 0.158.